The van der Waals surface area contributed by atoms with E-state index in [1.807, 2.05) is 0 Å². The molecule has 0 unspecified atom stereocenters. The number of nitrogens with one attached hydrogen (secondary N) is 1. The lowest BCUT2D eigenvalue weighted by Crippen LogP contribution is -2.25. The minimum absolute atomic E-state index is 0.0684. The van der Waals surface area contributed by atoms with E-state index in [1.54, 1.807) is 0 Å². The summed E-state index contributed by atoms with van der Waals surface area (Å²) in [7, 11) is -3.72. The second-order valence-electron chi connectivity index (χ2n) is 3.40. The summed E-state index contributed by atoms with van der Waals surface area (Å²) in [6.45, 7) is 0.245. The van der Waals surface area contributed by atoms with E-state index in [9.17, 15) is 8.42 Å². The van der Waals surface area contributed by atoms with Crippen LogP contribution < -0.4 is 4.72 Å². The first kappa shape index (κ1) is 15.8. The van der Waals surface area contributed by atoms with Crippen molar-refractivity contribution in [2.24, 2.45) is 0 Å². The van der Waals surface area contributed by atoms with E-state index in [4.69, 9.17) is 29.6 Å². The van der Waals surface area contributed by atoms with Gasteiger partial charge in [-0.15, -0.1) is 12.3 Å². The van der Waals surface area contributed by atoms with Gasteiger partial charge in [0.15, 0.2) is 0 Å². The van der Waals surface area contributed by atoms with Crippen molar-refractivity contribution in [2.75, 3.05) is 6.54 Å². The van der Waals surface area contributed by atoms with Gasteiger partial charge in [-0.3, -0.25) is 0 Å². The summed E-state index contributed by atoms with van der Waals surface area (Å²) in [5, 5.41) is 0.137. The molecule has 0 saturated heterocycles. The molecule has 0 aliphatic rings. The zero-order valence-electron chi connectivity index (χ0n) is 9.21. The summed E-state index contributed by atoms with van der Waals surface area (Å²) in [5.74, 6) is 2.43. The second-order valence-corrected chi connectivity index (χ2v) is 6.84. The standard InChI is InChI=1S/C11H10BrCl2NO2S/c1-2-3-4-5-15-18(16,17)11-9(13)6-8(12)7-10(11)14/h1,6-7,15H,3-5H2. The minimum Gasteiger partial charge on any atom is -0.211 e. The lowest BCUT2D eigenvalue weighted by molar-refractivity contribution is 0.580. The Morgan fingerprint density at radius 1 is 1.33 bits per heavy atom. The van der Waals surface area contributed by atoms with Gasteiger partial charge in [0.05, 0.1) is 10.0 Å². The smallest absolute Gasteiger partial charge is 0.211 e. The van der Waals surface area contributed by atoms with Crippen molar-refractivity contribution < 1.29 is 8.42 Å². The maximum Gasteiger partial charge on any atom is 0.243 e. The molecule has 7 heteroatoms. The lowest BCUT2D eigenvalue weighted by atomic mass is 10.3. The average Bonchev–Trinajstić information content (AvgIpc) is 2.22. The predicted octanol–water partition coefficient (Wildman–Crippen LogP) is 3.45. The Bertz CT molecular complexity index is 558. The molecule has 0 atom stereocenters. The van der Waals surface area contributed by atoms with Crippen molar-refractivity contribution in [2.45, 2.75) is 17.7 Å². The molecule has 98 valence electrons. The van der Waals surface area contributed by atoms with Crippen LogP contribution in [0.4, 0.5) is 0 Å². The molecule has 0 heterocycles. The summed E-state index contributed by atoms with van der Waals surface area (Å²) in [6.07, 6.45) is 6.14. The fourth-order valence-corrected chi connectivity index (χ4v) is 4.26. The molecule has 18 heavy (non-hydrogen) atoms. The molecule has 1 rings (SSSR count). The molecule has 0 bridgehead atoms. The first-order valence-electron chi connectivity index (χ1n) is 4.96. The topological polar surface area (TPSA) is 46.2 Å². The summed E-state index contributed by atoms with van der Waals surface area (Å²) in [6, 6.07) is 2.95. The average molecular weight is 371 g/mol. The monoisotopic (exact) mass is 369 g/mol. The maximum absolute atomic E-state index is 12.0. The fraction of sp³-hybridized carbons (Fsp3) is 0.273. The van der Waals surface area contributed by atoms with E-state index in [0.717, 1.165) is 0 Å². The van der Waals surface area contributed by atoms with Crippen LogP contribution >= 0.6 is 39.1 Å². The third-order valence-electron chi connectivity index (χ3n) is 2.02. The minimum atomic E-state index is -3.72. The summed E-state index contributed by atoms with van der Waals surface area (Å²) in [4.78, 5) is -0.116. The van der Waals surface area contributed by atoms with Gasteiger partial charge in [0.2, 0.25) is 10.0 Å². The number of benzene rings is 1. The van der Waals surface area contributed by atoms with Crippen LogP contribution in [0, 0.1) is 12.3 Å². The molecule has 1 aromatic rings. The molecular formula is C11H10BrCl2NO2S. The fourth-order valence-electron chi connectivity index (χ4n) is 1.25. The molecule has 0 aliphatic carbocycles. The van der Waals surface area contributed by atoms with Crippen molar-refractivity contribution in [1.29, 1.82) is 0 Å². The molecule has 0 amide bonds. The van der Waals surface area contributed by atoms with E-state index in [0.29, 0.717) is 17.3 Å². The van der Waals surface area contributed by atoms with Crippen molar-refractivity contribution in [3.63, 3.8) is 0 Å². The highest BCUT2D eigenvalue weighted by Gasteiger charge is 2.21. The number of terminal acetylenes is 1. The number of halogens is 3. The third-order valence-corrected chi connectivity index (χ3v) is 4.86. The molecular weight excluding hydrogens is 361 g/mol. The van der Waals surface area contributed by atoms with Crippen LogP contribution in [0.15, 0.2) is 21.5 Å². The lowest BCUT2D eigenvalue weighted by Gasteiger charge is -2.10. The number of unbranched alkanes of at least 4 members (excludes halogenated alkanes) is 1. The van der Waals surface area contributed by atoms with Gasteiger partial charge in [0, 0.05) is 17.4 Å². The Morgan fingerprint density at radius 2 is 1.89 bits per heavy atom. The Labute approximate surface area is 125 Å². The van der Waals surface area contributed by atoms with E-state index in [2.05, 4.69) is 26.6 Å². The quantitative estimate of drug-likeness (QED) is 0.637. The highest BCUT2D eigenvalue weighted by atomic mass is 79.9. The molecule has 0 aromatic heterocycles. The molecule has 0 saturated carbocycles. The van der Waals surface area contributed by atoms with Gasteiger partial charge in [-0.1, -0.05) is 39.1 Å². The normalized spacial score (nSPS) is 11.2. The van der Waals surface area contributed by atoms with Gasteiger partial charge < -0.3 is 0 Å². The summed E-state index contributed by atoms with van der Waals surface area (Å²) < 4.78 is 27.0. The van der Waals surface area contributed by atoms with Crippen LogP contribution in [0.5, 0.6) is 0 Å². The summed E-state index contributed by atoms with van der Waals surface area (Å²) >= 11 is 15.0. The van der Waals surface area contributed by atoms with Crippen molar-refractivity contribution in [1.82, 2.24) is 4.72 Å². The van der Waals surface area contributed by atoms with Gasteiger partial charge in [-0.05, 0) is 18.6 Å². The first-order valence-corrected chi connectivity index (χ1v) is 7.99. The Hall–Kier alpha value is -0.250. The molecule has 0 radical (unpaired) electrons. The van der Waals surface area contributed by atoms with Crippen molar-refractivity contribution in [3.8, 4) is 12.3 Å². The number of rotatable bonds is 5. The van der Waals surface area contributed by atoms with E-state index < -0.39 is 10.0 Å². The van der Waals surface area contributed by atoms with E-state index in [-0.39, 0.29) is 21.5 Å². The Morgan fingerprint density at radius 3 is 2.39 bits per heavy atom. The largest absolute Gasteiger partial charge is 0.243 e. The number of hydrogen-bond donors (Lipinski definition) is 1. The van der Waals surface area contributed by atoms with Gasteiger partial charge in [0.1, 0.15) is 4.90 Å². The zero-order valence-corrected chi connectivity index (χ0v) is 13.1. The van der Waals surface area contributed by atoms with Crippen LogP contribution in [-0.2, 0) is 10.0 Å². The third kappa shape index (κ3) is 4.15. The van der Waals surface area contributed by atoms with Crippen LogP contribution in [0.3, 0.4) is 0 Å². The highest BCUT2D eigenvalue weighted by molar-refractivity contribution is 9.10. The van der Waals surface area contributed by atoms with Gasteiger partial charge in [-0.2, -0.15) is 0 Å². The van der Waals surface area contributed by atoms with Crippen LogP contribution in [0.25, 0.3) is 0 Å². The van der Waals surface area contributed by atoms with Crippen LogP contribution in [0.1, 0.15) is 12.8 Å². The predicted molar refractivity (Wildman–Crippen MR) is 77.4 cm³/mol. The van der Waals surface area contributed by atoms with Crippen molar-refractivity contribution in [3.05, 3.63) is 26.7 Å². The van der Waals surface area contributed by atoms with Gasteiger partial charge in [-0.25, -0.2) is 13.1 Å². The number of hydrogen-bond acceptors (Lipinski definition) is 2. The Kier molecular flexibility index (Phi) is 5.96. The van der Waals surface area contributed by atoms with Crippen molar-refractivity contribution >= 4 is 49.2 Å². The molecule has 0 aliphatic heterocycles. The van der Waals surface area contributed by atoms with Crippen LogP contribution in [-0.4, -0.2) is 15.0 Å². The molecule has 0 spiro atoms. The zero-order chi connectivity index (χ0) is 13.8. The second kappa shape index (κ2) is 6.78. The molecule has 1 N–H and O–H groups in total. The molecule has 0 fully saturated rings. The van der Waals surface area contributed by atoms with E-state index >= 15 is 0 Å². The summed E-state index contributed by atoms with van der Waals surface area (Å²) in [5.41, 5.74) is 0. The first-order chi connectivity index (χ1) is 8.38. The molecule has 3 nitrogen and oxygen atoms in total. The van der Waals surface area contributed by atoms with Gasteiger partial charge in [0.25, 0.3) is 0 Å². The van der Waals surface area contributed by atoms with Gasteiger partial charge >= 0.3 is 0 Å². The number of sulfonamides is 1. The molecule has 1 aromatic carbocycles. The Balaban J connectivity index is 2.96. The SMILES string of the molecule is C#CCCCNS(=O)(=O)c1c(Cl)cc(Br)cc1Cl. The highest BCUT2D eigenvalue weighted by Crippen LogP contribution is 2.32. The van der Waals surface area contributed by atoms with E-state index in [1.165, 1.54) is 12.1 Å². The van der Waals surface area contributed by atoms with Crippen LogP contribution in [0.2, 0.25) is 10.0 Å². The maximum atomic E-state index is 12.0.